The molecule has 2 aromatic carbocycles. The highest BCUT2D eigenvalue weighted by atomic mass is 35.5. The normalized spacial score (nSPS) is 14.8. The van der Waals surface area contributed by atoms with Crippen LogP contribution in [0.1, 0.15) is 40.2 Å². The zero-order valence-electron chi connectivity index (χ0n) is 18.8. The highest BCUT2D eigenvalue weighted by Crippen LogP contribution is 2.42. The van der Waals surface area contributed by atoms with E-state index in [-0.39, 0.29) is 11.4 Å². The predicted molar refractivity (Wildman–Crippen MR) is 142 cm³/mol. The van der Waals surface area contributed by atoms with Gasteiger partial charge in [0.2, 0.25) is 0 Å². The Morgan fingerprint density at radius 3 is 2.62 bits per heavy atom. The van der Waals surface area contributed by atoms with Crippen LogP contribution in [0.3, 0.4) is 0 Å². The van der Waals surface area contributed by atoms with Gasteiger partial charge < -0.3 is 4.74 Å². The molecule has 2 aromatic heterocycles. The molecule has 4 aromatic rings. The summed E-state index contributed by atoms with van der Waals surface area (Å²) in [6, 6.07) is 17.4. The number of carbonyl (C=O) groups excluding carboxylic acids is 1. The second-order valence-electron chi connectivity index (χ2n) is 8.71. The molecule has 0 amide bonds. The number of thioether (sulfide) groups is 2. The summed E-state index contributed by atoms with van der Waals surface area (Å²) in [6.45, 7) is 4.81. The van der Waals surface area contributed by atoms with E-state index in [9.17, 15) is 4.79 Å². The molecule has 0 spiro atoms. The van der Waals surface area contributed by atoms with Crippen LogP contribution in [-0.2, 0) is 23.5 Å². The number of carbonyl (C=O) groups is 1. The van der Waals surface area contributed by atoms with Crippen molar-refractivity contribution >= 4 is 62.5 Å². The minimum absolute atomic E-state index is 0.0553. The number of ketones is 1. The standard InChI is InChI=1S/C26H23ClN2O2S3/c1-26(2)12-19-21(13-31-26)34-24-22(19)23(32-15-20(30)17-8-10-18(27)11-9-17)28-25(29-24)33-14-16-6-4-3-5-7-16/h3-11H,12-15H2,1-2H3. The number of hydrogen-bond acceptors (Lipinski definition) is 7. The van der Waals surface area contributed by atoms with E-state index in [1.807, 2.05) is 18.2 Å². The largest absolute Gasteiger partial charge is 0.370 e. The van der Waals surface area contributed by atoms with Crippen LogP contribution >= 0.6 is 46.5 Å². The van der Waals surface area contributed by atoms with Crippen molar-refractivity contribution in [1.29, 1.82) is 0 Å². The van der Waals surface area contributed by atoms with Crippen LogP contribution < -0.4 is 0 Å². The van der Waals surface area contributed by atoms with Crippen LogP contribution in [0.2, 0.25) is 5.02 Å². The summed E-state index contributed by atoms with van der Waals surface area (Å²) in [5.74, 6) is 1.15. The lowest BCUT2D eigenvalue weighted by Gasteiger charge is -2.30. The fraction of sp³-hybridized carbons (Fsp3) is 0.269. The molecule has 0 saturated heterocycles. The Kier molecular flexibility index (Phi) is 7.00. The molecule has 3 heterocycles. The number of nitrogens with zero attached hydrogens (tertiary/aromatic N) is 2. The Morgan fingerprint density at radius 1 is 1.09 bits per heavy atom. The second kappa shape index (κ2) is 9.99. The highest BCUT2D eigenvalue weighted by molar-refractivity contribution is 8.00. The molecule has 0 bridgehead atoms. The van der Waals surface area contributed by atoms with Gasteiger partial charge in [0.25, 0.3) is 0 Å². The SMILES string of the molecule is CC1(C)Cc2c(sc3nc(SCc4ccccc4)nc(SCC(=O)c4ccc(Cl)cc4)c23)CO1. The van der Waals surface area contributed by atoms with Gasteiger partial charge in [-0.25, -0.2) is 9.97 Å². The van der Waals surface area contributed by atoms with Crippen LogP contribution in [0.5, 0.6) is 0 Å². The summed E-state index contributed by atoms with van der Waals surface area (Å²) in [6.07, 6.45) is 0.806. The molecule has 0 N–H and O–H groups in total. The Bertz CT molecular complexity index is 1340. The van der Waals surface area contributed by atoms with Crippen molar-refractivity contribution < 1.29 is 9.53 Å². The van der Waals surface area contributed by atoms with E-state index < -0.39 is 0 Å². The topological polar surface area (TPSA) is 52.1 Å². The van der Waals surface area contributed by atoms with E-state index in [2.05, 4.69) is 26.0 Å². The van der Waals surface area contributed by atoms with E-state index in [1.54, 1.807) is 47.4 Å². The molecular weight excluding hydrogens is 504 g/mol. The van der Waals surface area contributed by atoms with Gasteiger partial charge in [0.15, 0.2) is 10.9 Å². The Hall–Kier alpha value is -1.90. The fourth-order valence-corrected chi connectivity index (χ4v) is 7.00. The van der Waals surface area contributed by atoms with E-state index in [0.717, 1.165) is 32.6 Å². The number of aromatic nitrogens is 2. The predicted octanol–water partition coefficient (Wildman–Crippen LogP) is 7.46. The van der Waals surface area contributed by atoms with E-state index in [0.29, 0.717) is 22.9 Å². The van der Waals surface area contributed by atoms with Crippen molar-refractivity contribution in [3.63, 3.8) is 0 Å². The van der Waals surface area contributed by atoms with Crippen LogP contribution in [0.25, 0.3) is 10.2 Å². The molecule has 0 atom stereocenters. The summed E-state index contributed by atoms with van der Waals surface area (Å²) in [5.41, 5.74) is 2.91. The molecule has 0 radical (unpaired) electrons. The van der Waals surface area contributed by atoms with Crippen LogP contribution in [0.4, 0.5) is 0 Å². The molecule has 34 heavy (non-hydrogen) atoms. The van der Waals surface area contributed by atoms with Crippen molar-refractivity contribution in [1.82, 2.24) is 9.97 Å². The molecule has 0 unspecified atom stereocenters. The first-order valence-electron chi connectivity index (χ1n) is 10.9. The molecule has 4 nitrogen and oxygen atoms in total. The minimum Gasteiger partial charge on any atom is -0.370 e. The lowest BCUT2D eigenvalue weighted by Crippen LogP contribution is -2.31. The summed E-state index contributed by atoms with van der Waals surface area (Å²) >= 11 is 10.8. The molecule has 1 aliphatic heterocycles. The van der Waals surface area contributed by atoms with Crippen molar-refractivity contribution in [3.8, 4) is 0 Å². The number of hydrogen-bond donors (Lipinski definition) is 0. The van der Waals surface area contributed by atoms with E-state index in [1.165, 1.54) is 27.8 Å². The van der Waals surface area contributed by atoms with Gasteiger partial charge >= 0.3 is 0 Å². The average Bonchev–Trinajstić information content (AvgIpc) is 3.19. The van der Waals surface area contributed by atoms with Gasteiger partial charge in [-0.15, -0.1) is 11.3 Å². The number of ether oxygens (including phenoxy) is 1. The maximum atomic E-state index is 12.9. The monoisotopic (exact) mass is 526 g/mol. The van der Waals surface area contributed by atoms with Gasteiger partial charge in [0, 0.05) is 33.0 Å². The van der Waals surface area contributed by atoms with E-state index >= 15 is 0 Å². The fourth-order valence-electron chi connectivity index (χ4n) is 3.84. The first-order valence-corrected chi connectivity index (χ1v) is 14.1. The number of fused-ring (bicyclic) bond motifs is 3. The van der Waals surface area contributed by atoms with Gasteiger partial charge in [0.05, 0.1) is 18.0 Å². The molecule has 0 aliphatic carbocycles. The summed E-state index contributed by atoms with van der Waals surface area (Å²) in [5, 5.41) is 3.31. The zero-order valence-corrected chi connectivity index (χ0v) is 22.0. The number of halogens is 1. The second-order valence-corrected chi connectivity index (χ2v) is 12.1. The molecule has 174 valence electrons. The quantitative estimate of drug-likeness (QED) is 0.108. The Labute approximate surface area is 216 Å². The molecule has 1 aliphatic rings. The lowest BCUT2D eigenvalue weighted by molar-refractivity contribution is -0.0379. The molecule has 0 saturated carbocycles. The molecular formula is C26H23ClN2O2S3. The summed E-state index contributed by atoms with van der Waals surface area (Å²) in [4.78, 5) is 24.9. The van der Waals surface area contributed by atoms with Gasteiger partial charge in [-0.1, -0.05) is 65.5 Å². The van der Waals surface area contributed by atoms with Gasteiger partial charge in [-0.2, -0.15) is 0 Å². The first kappa shape index (κ1) is 23.8. The highest BCUT2D eigenvalue weighted by Gasteiger charge is 2.31. The van der Waals surface area contributed by atoms with E-state index in [4.69, 9.17) is 26.3 Å². The molecule has 5 rings (SSSR count). The third-order valence-electron chi connectivity index (χ3n) is 5.59. The Balaban J connectivity index is 1.46. The summed E-state index contributed by atoms with van der Waals surface area (Å²) in [7, 11) is 0. The third-order valence-corrected chi connectivity index (χ3v) is 8.84. The van der Waals surface area contributed by atoms with Crippen LogP contribution in [0, 0.1) is 0 Å². The van der Waals surface area contributed by atoms with Gasteiger partial charge in [0.1, 0.15) is 9.86 Å². The third kappa shape index (κ3) is 5.34. The zero-order chi connectivity index (χ0) is 23.7. The summed E-state index contributed by atoms with van der Waals surface area (Å²) < 4.78 is 6.05. The van der Waals surface area contributed by atoms with Crippen LogP contribution in [-0.4, -0.2) is 27.1 Å². The smallest absolute Gasteiger partial charge is 0.190 e. The van der Waals surface area contributed by atoms with Crippen molar-refractivity contribution in [3.05, 3.63) is 81.2 Å². The van der Waals surface area contributed by atoms with Crippen molar-refractivity contribution in [2.75, 3.05) is 5.75 Å². The average molecular weight is 527 g/mol. The van der Waals surface area contributed by atoms with Gasteiger partial charge in [-0.3, -0.25) is 4.79 Å². The lowest BCUT2D eigenvalue weighted by atomic mass is 9.95. The maximum Gasteiger partial charge on any atom is 0.190 e. The van der Waals surface area contributed by atoms with Crippen LogP contribution in [0.15, 0.2) is 64.8 Å². The number of benzene rings is 2. The number of rotatable bonds is 7. The van der Waals surface area contributed by atoms with Gasteiger partial charge in [-0.05, 0) is 49.2 Å². The number of Topliss-reactive ketones (excluding diaryl/α,β-unsaturated/α-hetero) is 1. The van der Waals surface area contributed by atoms with Crippen molar-refractivity contribution in [2.24, 2.45) is 0 Å². The maximum absolute atomic E-state index is 12.9. The number of thiophene rings is 1. The van der Waals surface area contributed by atoms with Crippen molar-refractivity contribution in [2.45, 2.75) is 48.4 Å². The molecule has 8 heteroatoms. The minimum atomic E-state index is -0.233. The Morgan fingerprint density at radius 2 is 1.85 bits per heavy atom. The first-order chi connectivity index (χ1) is 16.4. The molecule has 0 fully saturated rings.